The number of fused-ring (bicyclic) bond motifs is 1. The van der Waals surface area contributed by atoms with Gasteiger partial charge in [-0.2, -0.15) is 5.10 Å². The lowest BCUT2D eigenvalue weighted by molar-refractivity contribution is -0.121. The second-order valence-corrected chi connectivity index (χ2v) is 9.13. The number of aromatic nitrogens is 2. The highest BCUT2D eigenvalue weighted by Crippen LogP contribution is 2.29. The van der Waals surface area contributed by atoms with Crippen LogP contribution in [0.4, 0.5) is 5.69 Å². The molecule has 0 aliphatic heterocycles. The molecule has 0 radical (unpaired) electrons. The van der Waals surface area contributed by atoms with E-state index in [1.54, 1.807) is 18.2 Å². The van der Waals surface area contributed by atoms with E-state index in [2.05, 4.69) is 35.2 Å². The standard InChI is InChI=1S/C19H26N4O3S/c1-13(2)23-12-15-7-5-9-17(19(15)21-23)20-18(24)11-14-6-4-8-16(10-14)22-27(3,25)26/h4,6,8,10,12-13,17,22H,5,7,9,11H2,1-3H3,(H,20,24). The van der Waals surface area contributed by atoms with Gasteiger partial charge in [-0.3, -0.25) is 14.2 Å². The summed E-state index contributed by atoms with van der Waals surface area (Å²) in [6.07, 6.45) is 6.27. The highest BCUT2D eigenvalue weighted by molar-refractivity contribution is 7.92. The molecule has 7 nitrogen and oxygen atoms in total. The molecule has 1 aliphatic carbocycles. The van der Waals surface area contributed by atoms with Crippen molar-refractivity contribution in [3.63, 3.8) is 0 Å². The molecular formula is C19H26N4O3S. The number of nitrogens with one attached hydrogen (secondary N) is 2. The summed E-state index contributed by atoms with van der Waals surface area (Å²) in [7, 11) is -3.34. The Bertz CT molecular complexity index is 934. The number of sulfonamides is 1. The highest BCUT2D eigenvalue weighted by atomic mass is 32.2. The van der Waals surface area contributed by atoms with Crippen LogP contribution >= 0.6 is 0 Å². The van der Waals surface area contributed by atoms with Gasteiger partial charge < -0.3 is 5.32 Å². The van der Waals surface area contributed by atoms with E-state index < -0.39 is 10.0 Å². The minimum absolute atomic E-state index is 0.0708. The monoisotopic (exact) mass is 390 g/mol. The fraction of sp³-hybridized carbons (Fsp3) is 0.474. The Hall–Kier alpha value is -2.35. The molecule has 1 unspecified atom stereocenters. The van der Waals surface area contributed by atoms with Gasteiger partial charge in [-0.1, -0.05) is 12.1 Å². The highest BCUT2D eigenvalue weighted by Gasteiger charge is 2.25. The van der Waals surface area contributed by atoms with Crippen molar-refractivity contribution in [1.29, 1.82) is 0 Å². The molecule has 1 atom stereocenters. The summed E-state index contributed by atoms with van der Waals surface area (Å²) < 4.78 is 27.1. The van der Waals surface area contributed by atoms with Crippen molar-refractivity contribution in [1.82, 2.24) is 15.1 Å². The number of hydrogen-bond acceptors (Lipinski definition) is 4. The zero-order valence-electron chi connectivity index (χ0n) is 15.9. The Morgan fingerprint density at radius 2 is 2.15 bits per heavy atom. The van der Waals surface area contributed by atoms with Gasteiger partial charge in [0.15, 0.2) is 0 Å². The van der Waals surface area contributed by atoms with Gasteiger partial charge in [0, 0.05) is 17.9 Å². The molecule has 8 heteroatoms. The Morgan fingerprint density at radius 1 is 1.37 bits per heavy atom. The summed E-state index contributed by atoms with van der Waals surface area (Å²) in [6, 6.07) is 7.11. The molecule has 27 heavy (non-hydrogen) atoms. The van der Waals surface area contributed by atoms with Crippen LogP contribution in [-0.4, -0.2) is 30.4 Å². The van der Waals surface area contributed by atoms with E-state index in [4.69, 9.17) is 0 Å². The number of nitrogens with zero attached hydrogens (tertiary/aromatic N) is 2. The van der Waals surface area contributed by atoms with Crippen LogP contribution in [0, 0.1) is 0 Å². The summed E-state index contributed by atoms with van der Waals surface area (Å²) in [5.74, 6) is -0.0940. The van der Waals surface area contributed by atoms with E-state index in [0.717, 1.165) is 36.8 Å². The second kappa shape index (κ2) is 7.72. The van der Waals surface area contributed by atoms with Crippen molar-refractivity contribution in [2.24, 2.45) is 0 Å². The first-order chi connectivity index (χ1) is 12.7. The van der Waals surface area contributed by atoms with Crippen molar-refractivity contribution in [2.75, 3.05) is 11.0 Å². The number of rotatable bonds is 6. The van der Waals surface area contributed by atoms with E-state index in [0.29, 0.717) is 5.69 Å². The van der Waals surface area contributed by atoms with Crippen molar-refractivity contribution < 1.29 is 13.2 Å². The molecule has 1 aromatic heterocycles. The first kappa shape index (κ1) is 19.4. The smallest absolute Gasteiger partial charge is 0.229 e. The first-order valence-electron chi connectivity index (χ1n) is 9.15. The third-order valence-corrected chi connectivity index (χ3v) is 5.17. The second-order valence-electron chi connectivity index (χ2n) is 7.38. The number of amides is 1. The summed E-state index contributed by atoms with van der Waals surface area (Å²) >= 11 is 0. The van der Waals surface area contributed by atoms with E-state index in [1.165, 1.54) is 5.56 Å². The molecule has 2 aromatic rings. The number of benzene rings is 1. The summed E-state index contributed by atoms with van der Waals surface area (Å²) in [6.45, 7) is 4.17. The lowest BCUT2D eigenvalue weighted by atomic mass is 9.93. The van der Waals surface area contributed by atoms with Gasteiger partial charge in [0.1, 0.15) is 0 Å². The molecule has 0 bridgehead atoms. The van der Waals surface area contributed by atoms with Crippen LogP contribution in [0.1, 0.15) is 55.6 Å². The maximum absolute atomic E-state index is 12.5. The largest absolute Gasteiger partial charge is 0.347 e. The number of carbonyl (C=O) groups excluding carboxylic acids is 1. The Labute approximate surface area is 160 Å². The summed E-state index contributed by atoms with van der Waals surface area (Å²) in [4.78, 5) is 12.5. The van der Waals surface area contributed by atoms with E-state index in [9.17, 15) is 13.2 Å². The van der Waals surface area contributed by atoms with Crippen LogP contribution in [0.15, 0.2) is 30.5 Å². The van der Waals surface area contributed by atoms with Crippen LogP contribution in [0.25, 0.3) is 0 Å². The molecule has 1 amide bonds. The lowest BCUT2D eigenvalue weighted by Gasteiger charge is -2.22. The normalized spacial score (nSPS) is 16.8. The van der Waals surface area contributed by atoms with Gasteiger partial charge in [0.2, 0.25) is 15.9 Å². The first-order valence-corrected chi connectivity index (χ1v) is 11.0. The molecule has 0 spiro atoms. The van der Waals surface area contributed by atoms with E-state index in [1.807, 2.05) is 10.7 Å². The average Bonchev–Trinajstić information content (AvgIpc) is 2.99. The van der Waals surface area contributed by atoms with Gasteiger partial charge in [0.25, 0.3) is 0 Å². The van der Waals surface area contributed by atoms with Gasteiger partial charge in [0.05, 0.1) is 24.4 Å². The van der Waals surface area contributed by atoms with Crippen LogP contribution in [0.3, 0.4) is 0 Å². The van der Waals surface area contributed by atoms with Crippen LogP contribution < -0.4 is 10.0 Å². The molecule has 2 N–H and O–H groups in total. The van der Waals surface area contributed by atoms with Crippen molar-refractivity contribution in [2.45, 2.75) is 51.6 Å². The lowest BCUT2D eigenvalue weighted by Crippen LogP contribution is -2.32. The molecule has 3 rings (SSSR count). The van der Waals surface area contributed by atoms with Crippen molar-refractivity contribution >= 4 is 21.6 Å². The Balaban J connectivity index is 1.68. The maximum Gasteiger partial charge on any atom is 0.229 e. The number of carbonyl (C=O) groups is 1. The zero-order valence-corrected chi connectivity index (χ0v) is 16.7. The molecule has 1 aliphatic rings. The summed E-state index contributed by atoms with van der Waals surface area (Å²) in [5.41, 5.74) is 3.39. The van der Waals surface area contributed by atoms with Gasteiger partial charge in [-0.15, -0.1) is 0 Å². The third kappa shape index (κ3) is 5.09. The molecule has 146 valence electrons. The van der Waals surface area contributed by atoms with Crippen LogP contribution in [0.2, 0.25) is 0 Å². The van der Waals surface area contributed by atoms with Crippen LogP contribution in [-0.2, 0) is 27.7 Å². The fourth-order valence-electron chi connectivity index (χ4n) is 3.36. The predicted molar refractivity (Wildman–Crippen MR) is 105 cm³/mol. The predicted octanol–water partition coefficient (Wildman–Crippen LogP) is 2.57. The van der Waals surface area contributed by atoms with Crippen LogP contribution in [0.5, 0.6) is 0 Å². The van der Waals surface area contributed by atoms with Gasteiger partial charge in [-0.05, 0) is 56.4 Å². The molecular weight excluding hydrogens is 364 g/mol. The SMILES string of the molecule is CC(C)n1cc2c(n1)C(NC(=O)Cc1cccc(NS(C)(=O)=O)c1)CCC2. The quantitative estimate of drug-likeness (QED) is 0.793. The molecule has 0 fully saturated rings. The molecule has 1 heterocycles. The summed E-state index contributed by atoms with van der Waals surface area (Å²) in [5, 5.41) is 7.76. The minimum atomic E-state index is -3.34. The van der Waals surface area contributed by atoms with Gasteiger partial charge >= 0.3 is 0 Å². The fourth-order valence-corrected chi connectivity index (χ4v) is 3.91. The molecule has 1 aromatic carbocycles. The Kier molecular flexibility index (Phi) is 5.55. The van der Waals surface area contributed by atoms with Crippen molar-refractivity contribution in [3.05, 3.63) is 47.3 Å². The Morgan fingerprint density at radius 3 is 2.85 bits per heavy atom. The van der Waals surface area contributed by atoms with E-state index >= 15 is 0 Å². The maximum atomic E-state index is 12.5. The minimum Gasteiger partial charge on any atom is -0.347 e. The number of hydrogen-bond donors (Lipinski definition) is 2. The number of aryl methyl sites for hydroxylation is 1. The zero-order chi connectivity index (χ0) is 19.6. The molecule has 0 saturated heterocycles. The molecule has 0 saturated carbocycles. The number of anilines is 1. The van der Waals surface area contributed by atoms with Gasteiger partial charge in [-0.25, -0.2) is 8.42 Å². The third-order valence-electron chi connectivity index (χ3n) is 4.57. The topological polar surface area (TPSA) is 93.1 Å². The van der Waals surface area contributed by atoms with Crippen molar-refractivity contribution in [3.8, 4) is 0 Å². The van der Waals surface area contributed by atoms with E-state index in [-0.39, 0.29) is 24.4 Å². The average molecular weight is 391 g/mol.